The van der Waals surface area contributed by atoms with Gasteiger partial charge >= 0.3 is 0 Å². The molecule has 3 heteroatoms. The molecule has 54 valence electrons. The van der Waals surface area contributed by atoms with E-state index in [0.29, 0.717) is 12.0 Å². The van der Waals surface area contributed by atoms with E-state index < -0.39 is 0 Å². The van der Waals surface area contributed by atoms with Crippen molar-refractivity contribution >= 4 is 11.8 Å². The number of hydrogen-bond acceptors (Lipinski definition) is 3. The van der Waals surface area contributed by atoms with Crippen LogP contribution in [0.25, 0.3) is 0 Å². The minimum Gasteiger partial charge on any atom is -0.454 e. The molecule has 10 heavy (non-hydrogen) atoms. The second-order valence-electron chi connectivity index (χ2n) is 2.26. The lowest BCUT2D eigenvalue weighted by molar-refractivity contribution is 0.0978. The number of hydrogen-bond donors (Lipinski definition) is 0. The molecule has 2 aliphatic heterocycles. The van der Waals surface area contributed by atoms with Crippen LogP contribution in [0.3, 0.4) is 0 Å². The van der Waals surface area contributed by atoms with E-state index in [0.717, 1.165) is 11.5 Å². The third kappa shape index (κ3) is 0.904. The number of fused-ring (bicyclic) bond motifs is 1. The van der Waals surface area contributed by atoms with Crippen molar-refractivity contribution in [2.75, 3.05) is 6.79 Å². The fourth-order valence-corrected chi connectivity index (χ4v) is 1.67. The molecular weight excluding hydrogens is 148 g/mol. The van der Waals surface area contributed by atoms with Crippen molar-refractivity contribution in [3.8, 4) is 0 Å². The third-order valence-electron chi connectivity index (χ3n) is 1.45. The molecule has 0 aromatic carbocycles. The number of thioether (sulfide) groups is 1. The van der Waals surface area contributed by atoms with Crippen molar-refractivity contribution in [2.24, 2.45) is 0 Å². The SMILES string of the molecule is CC1C=C2OCOC2=CS1. The highest BCUT2D eigenvalue weighted by molar-refractivity contribution is 8.02. The zero-order chi connectivity index (χ0) is 6.97. The summed E-state index contributed by atoms with van der Waals surface area (Å²) in [5.74, 6) is 1.80. The van der Waals surface area contributed by atoms with Gasteiger partial charge in [0.05, 0.1) is 0 Å². The zero-order valence-electron chi connectivity index (χ0n) is 5.66. The van der Waals surface area contributed by atoms with Crippen molar-refractivity contribution in [1.29, 1.82) is 0 Å². The Morgan fingerprint density at radius 1 is 1.50 bits per heavy atom. The maximum Gasteiger partial charge on any atom is 0.231 e. The molecule has 0 saturated carbocycles. The van der Waals surface area contributed by atoms with Crippen molar-refractivity contribution in [3.63, 3.8) is 0 Å². The molecule has 1 fully saturated rings. The Labute approximate surface area is 63.9 Å². The third-order valence-corrected chi connectivity index (χ3v) is 2.36. The predicted octanol–water partition coefficient (Wildman–Crippen LogP) is 1.85. The molecule has 1 saturated heterocycles. The lowest BCUT2D eigenvalue weighted by Crippen LogP contribution is -1.97. The Morgan fingerprint density at radius 3 is 3.20 bits per heavy atom. The Kier molecular flexibility index (Phi) is 1.38. The molecule has 0 bridgehead atoms. The molecule has 2 rings (SSSR count). The highest BCUT2D eigenvalue weighted by Crippen LogP contribution is 2.31. The molecule has 0 radical (unpaired) electrons. The van der Waals surface area contributed by atoms with Crippen LogP contribution in [0.1, 0.15) is 6.92 Å². The smallest absolute Gasteiger partial charge is 0.231 e. The van der Waals surface area contributed by atoms with E-state index >= 15 is 0 Å². The molecule has 1 unspecified atom stereocenters. The average molecular weight is 156 g/mol. The van der Waals surface area contributed by atoms with Crippen LogP contribution in [0.2, 0.25) is 0 Å². The lowest BCUT2D eigenvalue weighted by atomic mass is 10.3. The first-order valence-electron chi connectivity index (χ1n) is 3.20. The van der Waals surface area contributed by atoms with Crippen molar-refractivity contribution in [3.05, 3.63) is 23.0 Å². The quantitative estimate of drug-likeness (QED) is 0.533. The van der Waals surface area contributed by atoms with Gasteiger partial charge in [-0.1, -0.05) is 0 Å². The Balaban J connectivity index is 2.27. The summed E-state index contributed by atoms with van der Waals surface area (Å²) in [6.45, 7) is 2.51. The molecule has 0 aromatic rings. The Morgan fingerprint density at radius 2 is 2.30 bits per heavy atom. The standard InChI is InChI=1S/C7H8O2S/c1-5-2-6-7(3-10-5)9-4-8-6/h2-3,5H,4H2,1H3. The van der Waals surface area contributed by atoms with E-state index in [2.05, 4.69) is 13.0 Å². The summed E-state index contributed by atoms with van der Waals surface area (Å²) in [4.78, 5) is 0. The summed E-state index contributed by atoms with van der Waals surface area (Å²) in [5, 5.41) is 2.52. The number of rotatable bonds is 0. The van der Waals surface area contributed by atoms with E-state index in [9.17, 15) is 0 Å². The predicted molar refractivity (Wildman–Crippen MR) is 40.3 cm³/mol. The highest BCUT2D eigenvalue weighted by atomic mass is 32.2. The fourth-order valence-electron chi connectivity index (χ4n) is 0.943. The van der Waals surface area contributed by atoms with Gasteiger partial charge in [0.25, 0.3) is 0 Å². The van der Waals surface area contributed by atoms with Crippen LogP contribution in [-0.4, -0.2) is 12.0 Å². The van der Waals surface area contributed by atoms with Gasteiger partial charge in [-0.05, 0) is 13.0 Å². The van der Waals surface area contributed by atoms with Gasteiger partial charge in [-0.2, -0.15) is 0 Å². The molecular formula is C7H8O2S. The maximum atomic E-state index is 5.18. The van der Waals surface area contributed by atoms with Crippen LogP contribution >= 0.6 is 11.8 Å². The molecule has 0 N–H and O–H groups in total. The maximum absolute atomic E-state index is 5.18. The van der Waals surface area contributed by atoms with E-state index in [1.54, 1.807) is 11.8 Å². The van der Waals surface area contributed by atoms with Crippen LogP contribution in [0.4, 0.5) is 0 Å². The minimum absolute atomic E-state index is 0.380. The van der Waals surface area contributed by atoms with Crippen molar-refractivity contribution in [2.45, 2.75) is 12.2 Å². The lowest BCUT2D eigenvalue weighted by Gasteiger charge is -2.08. The van der Waals surface area contributed by atoms with Crippen LogP contribution in [-0.2, 0) is 9.47 Å². The molecule has 2 heterocycles. The normalized spacial score (nSPS) is 29.5. The molecule has 0 aromatic heterocycles. The molecule has 2 nitrogen and oxygen atoms in total. The monoisotopic (exact) mass is 156 g/mol. The van der Waals surface area contributed by atoms with Crippen LogP contribution in [0, 0.1) is 0 Å². The van der Waals surface area contributed by atoms with Crippen LogP contribution in [0.15, 0.2) is 23.0 Å². The van der Waals surface area contributed by atoms with E-state index in [4.69, 9.17) is 9.47 Å². The number of ether oxygens (including phenoxy) is 2. The highest BCUT2D eigenvalue weighted by Gasteiger charge is 2.20. The summed E-state index contributed by atoms with van der Waals surface area (Å²) in [6.07, 6.45) is 2.08. The molecule has 2 aliphatic rings. The summed E-state index contributed by atoms with van der Waals surface area (Å²) in [7, 11) is 0. The average Bonchev–Trinajstić information content (AvgIpc) is 2.33. The van der Waals surface area contributed by atoms with Gasteiger partial charge in [0.2, 0.25) is 6.79 Å². The van der Waals surface area contributed by atoms with E-state index in [1.807, 2.05) is 5.41 Å². The van der Waals surface area contributed by atoms with Gasteiger partial charge < -0.3 is 9.47 Å². The molecule has 0 spiro atoms. The Bertz CT molecular complexity index is 208. The van der Waals surface area contributed by atoms with Gasteiger partial charge in [0.1, 0.15) is 0 Å². The Hall–Kier alpha value is -0.570. The summed E-state index contributed by atoms with van der Waals surface area (Å²) in [5.41, 5.74) is 0. The summed E-state index contributed by atoms with van der Waals surface area (Å²) < 4.78 is 10.3. The van der Waals surface area contributed by atoms with Crippen molar-refractivity contribution in [1.82, 2.24) is 0 Å². The second-order valence-corrected chi connectivity index (χ2v) is 3.51. The summed E-state index contributed by atoms with van der Waals surface area (Å²) in [6, 6.07) is 0. The zero-order valence-corrected chi connectivity index (χ0v) is 6.48. The molecule has 0 amide bonds. The summed E-state index contributed by atoms with van der Waals surface area (Å²) >= 11 is 1.75. The van der Waals surface area contributed by atoms with Crippen LogP contribution in [0.5, 0.6) is 0 Å². The topological polar surface area (TPSA) is 18.5 Å². The first kappa shape index (κ1) is 6.16. The van der Waals surface area contributed by atoms with Gasteiger partial charge in [-0.25, -0.2) is 0 Å². The molecule has 0 aliphatic carbocycles. The largest absolute Gasteiger partial charge is 0.454 e. The van der Waals surface area contributed by atoms with E-state index in [-0.39, 0.29) is 0 Å². The van der Waals surface area contributed by atoms with E-state index in [1.165, 1.54) is 0 Å². The van der Waals surface area contributed by atoms with Gasteiger partial charge in [-0.15, -0.1) is 11.8 Å². The molecule has 1 atom stereocenters. The first-order valence-corrected chi connectivity index (χ1v) is 4.14. The minimum atomic E-state index is 0.380. The van der Waals surface area contributed by atoms with Gasteiger partial charge in [-0.3, -0.25) is 0 Å². The second kappa shape index (κ2) is 2.23. The van der Waals surface area contributed by atoms with Crippen molar-refractivity contribution < 1.29 is 9.47 Å². The fraction of sp³-hybridized carbons (Fsp3) is 0.429. The van der Waals surface area contributed by atoms with Gasteiger partial charge in [0.15, 0.2) is 11.5 Å². The first-order chi connectivity index (χ1) is 4.86. The van der Waals surface area contributed by atoms with Gasteiger partial charge in [0, 0.05) is 10.7 Å². The van der Waals surface area contributed by atoms with Crippen LogP contribution < -0.4 is 0 Å².